The highest BCUT2D eigenvalue weighted by molar-refractivity contribution is 6.03. The van der Waals surface area contributed by atoms with Crippen molar-refractivity contribution >= 4 is 11.8 Å². The summed E-state index contributed by atoms with van der Waals surface area (Å²) in [5, 5.41) is 2.56. The highest BCUT2D eigenvalue weighted by Crippen LogP contribution is 2.17. The van der Waals surface area contributed by atoms with Crippen molar-refractivity contribution in [2.75, 3.05) is 6.54 Å². The van der Waals surface area contributed by atoms with Gasteiger partial charge >= 0.3 is 0 Å². The van der Waals surface area contributed by atoms with Gasteiger partial charge in [-0.2, -0.15) is 0 Å². The zero-order chi connectivity index (χ0) is 17.0. The van der Waals surface area contributed by atoms with Gasteiger partial charge in [0.15, 0.2) is 23.0 Å². The number of carbonyl (C=O) groups excluding carboxylic acids is 2. The zero-order valence-corrected chi connectivity index (χ0v) is 12.2. The van der Waals surface area contributed by atoms with Crippen LogP contribution in [0.4, 0.5) is 8.78 Å². The van der Waals surface area contributed by atoms with E-state index >= 15 is 0 Å². The Hall–Kier alpha value is -2.90. The third kappa shape index (κ3) is 3.85. The summed E-state index contributed by atoms with van der Waals surface area (Å²) in [6.07, 6.45) is 2.51. The van der Waals surface area contributed by atoms with Crippen molar-refractivity contribution < 1.29 is 18.4 Å². The van der Waals surface area contributed by atoms with Gasteiger partial charge in [0.05, 0.1) is 0 Å². The molecular weight excluding hydrogens is 306 g/mol. The molecule has 6 nitrogen and oxygen atoms in total. The maximum Gasteiger partial charge on any atom is 0.272 e. The molecule has 1 atom stereocenters. The van der Waals surface area contributed by atoms with Gasteiger partial charge in [-0.15, -0.1) is 0 Å². The molecule has 2 aromatic rings. The van der Waals surface area contributed by atoms with Gasteiger partial charge in [0, 0.05) is 18.9 Å². The van der Waals surface area contributed by atoms with E-state index < -0.39 is 23.4 Å². The molecule has 0 radical (unpaired) electrons. The van der Waals surface area contributed by atoms with E-state index in [2.05, 4.69) is 15.3 Å². The first kappa shape index (κ1) is 16.5. The van der Waals surface area contributed by atoms with Gasteiger partial charge < -0.3 is 11.1 Å². The Morgan fingerprint density at radius 2 is 1.83 bits per heavy atom. The predicted molar refractivity (Wildman–Crippen MR) is 77.7 cm³/mol. The van der Waals surface area contributed by atoms with Crippen LogP contribution in [-0.4, -0.2) is 28.3 Å². The van der Waals surface area contributed by atoms with Crippen LogP contribution < -0.4 is 11.1 Å². The van der Waals surface area contributed by atoms with E-state index in [9.17, 15) is 18.4 Å². The second kappa shape index (κ2) is 6.91. The standard InChI is InChI=1S/C15H14F2N4O2/c1-8(9-2-3-10(16)11(17)6-9)7-21-15(23)13-12(14(18)22)19-4-5-20-13/h2-6,8H,7H2,1H3,(H2,18,22)(H,21,23)/t8-/m1/s1. The quantitative estimate of drug-likeness (QED) is 0.869. The molecule has 0 aliphatic rings. The Kier molecular flexibility index (Phi) is 4.95. The van der Waals surface area contributed by atoms with Crippen molar-refractivity contribution in [3.05, 3.63) is 59.2 Å². The molecule has 1 aromatic heterocycles. The van der Waals surface area contributed by atoms with Gasteiger partial charge in [-0.05, 0) is 23.6 Å². The molecule has 0 saturated carbocycles. The third-order valence-corrected chi connectivity index (χ3v) is 3.23. The molecule has 0 saturated heterocycles. The predicted octanol–water partition coefficient (Wildman–Crippen LogP) is 1.39. The Morgan fingerprint density at radius 1 is 1.17 bits per heavy atom. The van der Waals surface area contributed by atoms with Gasteiger partial charge in [0.1, 0.15) is 0 Å². The van der Waals surface area contributed by atoms with Crippen molar-refractivity contribution in [1.29, 1.82) is 0 Å². The average Bonchev–Trinajstić information content (AvgIpc) is 2.54. The SMILES string of the molecule is C[C@H](CNC(=O)c1nccnc1C(N)=O)c1ccc(F)c(F)c1. The molecule has 0 bridgehead atoms. The molecule has 1 heterocycles. The Bertz CT molecular complexity index is 752. The molecule has 1 aromatic carbocycles. The maximum atomic E-state index is 13.2. The van der Waals surface area contributed by atoms with Crippen LogP contribution >= 0.6 is 0 Å². The molecule has 2 rings (SSSR count). The fraction of sp³-hybridized carbons (Fsp3) is 0.200. The van der Waals surface area contributed by atoms with Crippen molar-refractivity contribution in [3.63, 3.8) is 0 Å². The summed E-state index contributed by atoms with van der Waals surface area (Å²) in [5.74, 6) is -3.65. The number of hydrogen-bond acceptors (Lipinski definition) is 4. The van der Waals surface area contributed by atoms with Crippen LogP contribution in [0.2, 0.25) is 0 Å². The van der Waals surface area contributed by atoms with Crippen molar-refractivity contribution in [3.8, 4) is 0 Å². The molecule has 0 aliphatic carbocycles. The van der Waals surface area contributed by atoms with Gasteiger partial charge in [-0.3, -0.25) is 9.59 Å². The van der Waals surface area contributed by atoms with Crippen LogP contribution in [0.1, 0.15) is 39.4 Å². The van der Waals surface area contributed by atoms with E-state index in [0.717, 1.165) is 12.1 Å². The van der Waals surface area contributed by atoms with Gasteiger partial charge in [0.2, 0.25) is 0 Å². The van der Waals surface area contributed by atoms with Gasteiger partial charge in [-0.1, -0.05) is 13.0 Å². The minimum Gasteiger partial charge on any atom is -0.364 e. The first-order valence-corrected chi connectivity index (χ1v) is 6.74. The van der Waals surface area contributed by atoms with Crippen molar-refractivity contribution in [2.24, 2.45) is 5.73 Å². The van der Waals surface area contributed by atoms with Crippen LogP contribution in [0.3, 0.4) is 0 Å². The van der Waals surface area contributed by atoms with Crippen molar-refractivity contribution in [1.82, 2.24) is 15.3 Å². The third-order valence-electron chi connectivity index (χ3n) is 3.23. The molecule has 2 amide bonds. The summed E-state index contributed by atoms with van der Waals surface area (Å²) < 4.78 is 26.1. The summed E-state index contributed by atoms with van der Waals surface area (Å²) in [7, 11) is 0. The zero-order valence-electron chi connectivity index (χ0n) is 12.2. The molecule has 0 unspecified atom stereocenters. The number of carbonyl (C=O) groups is 2. The lowest BCUT2D eigenvalue weighted by Gasteiger charge is -2.13. The van der Waals surface area contributed by atoms with E-state index in [-0.39, 0.29) is 23.9 Å². The molecule has 0 fully saturated rings. The Balaban J connectivity index is 2.07. The number of nitrogens with two attached hydrogens (primary N) is 1. The van der Waals surface area contributed by atoms with Gasteiger partial charge in [0.25, 0.3) is 11.8 Å². The summed E-state index contributed by atoms with van der Waals surface area (Å²) in [4.78, 5) is 30.8. The Morgan fingerprint density at radius 3 is 2.43 bits per heavy atom. The largest absolute Gasteiger partial charge is 0.364 e. The molecule has 8 heteroatoms. The molecule has 3 N–H and O–H groups in total. The normalized spacial score (nSPS) is 11.8. The van der Waals surface area contributed by atoms with Gasteiger partial charge in [-0.25, -0.2) is 18.7 Å². The monoisotopic (exact) mass is 320 g/mol. The number of rotatable bonds is 5. The summed E-state index contributed by atoms with van der Waals surface area (Å²) in [6, 6.07) is 3.53. The maximum absolute atomic E-state index is 13.2. The second-order valence-corrected chi connectivity index (χ2v) is 4.90. The molecule has 0 spiro atoms. The van der Waals surface area contributed by atoms with Crippen LogP contribution in [-0.2, 0) is 0 Å². The number of halogens is 2. The average molecular weight is 320 g/mol. The lowest BCUT2D eigenvalue weighted by atomic mass is 10.0. The van der Waals surface area contributed by atoms with Crippen molar-refractivity contribution in [2.45, 2.75) is 12.8 Å². The van der Waals surface area contributed by atoms with E-state index in [1.807, 2.05) is 0 Å². The number of nitrogens with zero attached hydrogens (tertiary/aromatic N) is 2. The molecule has 23 heavy (non-hydrogen) atoms. The summed E-state index contributed by atoms with van der Waals surface area (Å²) in [5.41, 5.74) is 5.24. The van der Waals surface area contributed by atoms with E-state index in [0.29, 0.717) is 5.56 Å². The summed E-state index contributed by atoms with van der Waals surface area (Å²) >= 11 is 0. The lowest BCUT2D eigenvalue weighted by Crippen LogP contribution is -2.31. The number of benzene rings is 1. The number of nitrogens with one attached hydrogen (secondary N) is 1. The number of hydrogen-bond donors (Lipinski definition) is 2. The Labute approximate surface area is 130 Å². The van der Waals surface area contributed by atoms with Crippen LogP contribution in [0.5, 0.6) is 0 Å². The molecular formula is C15H14F2N4O2. The minimum absolute atomic E-state index is 0.138. The number of primary amides is 1. The highest BCUT2D eigenvalue weighted by atomic mass is 19.2. The van der Waals surface area contributed by atoms with E-state index in [1.54, 1.807) is 6.92 Å². The molecule has 120 valence electrons. The fourth-order valence-electron chi connectivity index (χ4n) is 1.95. The van der Waals surface area contributed by atoms with E-state index in [1.165, 1.54) is 18.5 Å². The smallest absolute Gasteiger partial charge is 0.272 e. The fourth-order valence-corrected chi connectivity index (χ4v) is 1.95. The second-order valence-electron chi connectivity index (χ2n) is 4.90. The minimum atomic E-state index is -0.953. The molecule has 0 aliphatic heterocycles. The number of amides is 2. The summed E-state index contributed by atoms with van der Waals surface area (Å²) in [6.45, 7) is 1.87. The number of aromatic nitrogens is 2. The van der Waals surface area contributed by atoms with Crippen LogP contribution in [0, 0.1) is 11.6 Å². The van der Waals surface area contributed by atoms with Crippen LogP contribution in [0.25, 0.3) is 0 Å². The first-order chi connectivity index (χ1) is 10.9. The first-order valence-electron chi connectivity index (χ1n) is 6.74. The highest BCUT2D eigenvalue weighted by Gasteiger charge is 2.18. The topological polar surface area (TPSA) is 98.0 Å². The van der Waals surface area contributed by atoms with Crippen LogP contribution in [0.15, 0.2) is 30.6 Å². The van der Waals surface area contributed by atoms with E-state index in [4.69, 9.17) is 5.73 Å². The lowest BCUT2D eigenvalue weighted by molar-refractivity contribution is 0.0927.